The summed E-state index contributed by atoms with van der Waals surface area (Å²) in [5, 5.41) is 0. The number of carbonyl (C=O) groups excluding carboxylic acids is 1. The Bertz CT molecular complexity index is 1360. The molecule has 1 aliphatic heterocycles. The number of amidine groups is 1. The molecule has 0 atom stereocenters. The molecule has 0 aromatic heterocycles. The number of ether oxygens (including phenoxy) is 1. The Morgan fingerprint density at radius 3 is 2.21 bits per heavy atom. The summed E-state index contributed by atoms with van der Waals surface area (Å²) in [6, 6.07) is 34.9. The van der Waals surface area contributed by atoms with Crippen LogP contribution in [0.25, 0.3) is 6.08 Å². The third-order valence-electron chi connectivity index (χ3n) is 5.29. The van der Waals surface area contributed by atoms with E-state index >= 15 is 0 Å². The predicted octanol–water partition coefficient (Wildman–Crippen LogP) is 6.62. The van der Waals surface area contributed by atoms with Gasteiger partial charge in [0.1, 0.15) is 23.0 Å². The van der Waals surface area contributed by atoms with Crippen LogP contribution in [0.2, 0.25) is 0 Å². The minimum Gasteiger partial charge on any atom is -0.457 e. The molecule has 0 bridgehead atoms. The van der Waals surface area contributed by atoms with Gasteiger partial charge in [0.15, 0.2) is 0 Å². The van der Waals surface area contributed by atoms with Crippen LogP contribution in [0.3, 0.4) is 0 Å². The number of hydrogen-bond acceptors (Lipinski definition) is 3. The second-order valence-corrected chi connectivity index (χ2v) is 7.80. The average Bonchev–Trinajstić information content (AvgIpc) is 3.16. The molecule has 4 aromatic carbocycles. The van der Waals surface area contributed by atoms with Gasteiger partial charge in [-0.25, -0.2) is 4.99 Å². The Morgan fingerprint density at radius 1 is 0.758 bits per heavy atom. The van der Waals surface area contributed by atoms with Gasteiger partial charge in [-0.2, -0.15) is 0 Å². The lowest BCUT2D eigenvalue weighted by Crippen LogP contribution is -2.32. The zero-order chi connectivity index (χ0) is 22.6. The molecule has 0 saturated carbocycles. The van der Waals surface area contributed by atoms with Crippen molar-refractivity contribution in [1.29, 1.82) is 0 Å². The number of aryl methyl sites for hydroxylation is 1. The van der Waals surface area contributed by atoms with Gasteiger partial charge in [-0.15, -0.1) is 0 Å². The van der Waals surface area contributed by atoms with Gasteiger partial charge in [0, 0.05) is 5.56 Å². The molecule has 5 rings (SSSR count). The number of amides is 1. The molecule has 1 aliphatic rings. The van der Waals surface area contributed by atoms with E-state index in [-0.39, 0.29) is 5.91 Å². The molecule has 4 aromatic rings. The summed E-state index contributed by atoms with van der Waals surface area (Å²) in [5.74, 6) is 1.92. The first-order chi connectivity index (χ1) is 16.2. The highest BCUT2D eigenvalue weighted by Crippen LogP contribution is 2.29. The lowest BCUT2D eigenvalue weighted by atomic mass is 10.1. The second-order valence-electron chi connectivity index (χ2n) is 7.80. The summed E-state index contributed by atoms with van der Waals surface area (Å²) >= 11 is 0. The van der Waals surface area contributed by atoms with E-state index in [9.17, 15) is 4.79 Å². The van der Waals surface area contributed by atoms with Crippen molar-refractivity contribution >= 4 is 23.5 Å². The minimum absolute atomic E-state index is 0.158. The normalized spacial score (nSPS) is 14.5. The van der Waals surface area contributed by atoms with E-state index in [4.69, 9.17) is 9.73 Å². The Morgan fingerprint density at radius 2 is 1.45 bits per heavy atom. The number of carbonyl (C=O) groups is 1. The molecule has 0 radical (unpaired) electrons. The summed E-state index contributed by atoms with van der Waals surface area (Å²) in [5.41, 5.74) is 3.99. The molecule has 1 heterocycles. The van der Waals surface area contributed by atoms with E-state index < -0.39 is 0 Å². The topological polar surface area (TPSA) is 41.9 Å². The van der Waals surface area contributed by atoms with E-state index in [2.05, 4.69) is 0 Å². The van der Waals surface area contributed by atoms with Gasteiger partial charge in [-0.1, -0.05) is 72.8 Å². The van der Waals surface area contributed by atoms with Crippen LogP contribution in [0.1, 0.15) is 16.7 Å². The van der Waals surface area contributed by atoms with Crippen molar-refractivity contribution in [1.82, 2.24) is 0 Å². The Hall–Kier alpha value is -4.44. The van der Waals surface area contributed by atoms with Crippen molar-refractivity contribution in [2.24, 2.45) is 4.99 Å². The molecule has 0 spiro atoms. The highest BCUT2D eigenvalue weighted by Gasteiger charge is 2.32. The first-order valence-electron chi connectivity index (χ1n) is 10.8. The zero-order valence-corrected chi connectivity index (χ0v) is 18.2. The van der Waals surface area contributed by atoms with Gasteiger partial charge in [-0.3, -0.25) is 9.69 Å². The molecular weight excluding hydrogens is 408 g/mol. The average molecular weight is 431 g/mol. The van der Waals surface area contributed by atoms with E-state index in [1.165, 1.54) is 0 Å². The Kier molecular flexibility index (Phi) is 5.56. The number of hydrogen-bond donors (Lipinski definition) is 0. The van der Waals surface area contributed by atoms with Crippen LogP contribution in [0.4, 0.5) is 5.69 Å². The van der Waals surface area contributed by atoms with E-state index in [1.807, 2.05) is 116 Å². The third kappa shape index (κ3) is 4.46. The molecule has 4 heteroatoms. The lowest BCUT2D eigenvalue weighted by molar-refractivity contribution is -0.113. The summed E-state index contributed by atoms with van der Waals surface area (Å²) in [6.45, 7) is 2.01. The fourth-order valence-corrected chi connectivity index (χ4v) is 3.75. The van der Waals surface area contributed by atoms with Crippen LogP contribution < -0.4 is 9.64 Å². The summed E-state index contributed by atoms with van der Waals surface area (Å²) in [6.07, 6.45) is 1.80. The maximum Gasteiger partial charge on any atom is 0.282 e. The van der Waals surface area contributed by atoms with E-state index in [1.54, 1.807) is 11.0 Å². The van der Waals surface area contributed by atoms with Crippen LogP contribution in [-0.4, -0.2) is 11.7 Å². The molecule has 0 aliphatic carbocycles. The maximum atomic E-state index is 13.5. The van der Waals surface area contributed by atoms with Crippen molar-refractivity contribution in [3.8, 4) is 11.5 Å². The molecule has 160 valence electrons. The Labute approximate surface area is 193 Å². The van der Waals surface area contributed by atoms with Crippen LogP contribution >= 0.6 is 0 Å². The maximum absolute atomic E-state index is 13.5. The summed E-state index contributed by atoms with van der Waals surface area (Å²) in [7, 11) is 0. The fourth-order valence-electron chi connectivity index (χ4n) is 3.75. The SMILES string of the molecule is Cc1cccc(N2C(=O)/C(=C\c3cccc(Oc4ccccc4)c3)N=C2c2ccccc2)c1. The van der Waals surface area contributed by atoms with Crippen molar-refractivity contribution in [3.63, 3.8) is 0 Å². The van der Waals surface area contributed by atoms with Crippen molar-refractivity contribution < 1.29 is 9.53 Å². The highest BCUT2D eigenvalue weighted by atomic mass is 16.5. The summed E-state index contributed by atoms with van der Waals surface area (Å²) < 4.78 is 5.94. The van der Waals surface area contributed by atoms with Crippen molar-refractivity contribution in [2.75, 3.05) is 4.90 Å². The van der Waals surface area contributed by atoms with Crippen molar-refractivity contribution in [2.45, 2.75) is 6.92 Å². The van der Waals surface area contributed by atoms with E-state index in [0.29, 0.717) is 17.3 Å². The minimum atomic E-state index is -0.158. The number of rotatable bonds is 5. The monoisotopic (exact) mass is 430 g/mol. The van der Waals surface area contributed by atoms with E-state index in [0.717, 1.165) is 28.1 Å². The molecule has 0 unspecified atom stereocenters. The first kappa shape index (κ1) is 20.5. The number of para-hydroxylation sites is 1. The molecule has 0 N–H and O–H groups in total. The number of benzene rings is 4. The Balaban J connectivity index is 1.52. The quantitative estimate of drug-likeness (QED) is 0.334. The van der Waals surface area contributed by atoms with Gasteiger partial charge < -0.3 is 4.74 Å². The molecule has 0 saturated heterocycles. The molecule has 33 heavy (non-hydrogen) atoms. The van der Waals surface area contributed by atoms with Crippen LogP contribution in [0.5, 0.6) is 11.5 Å². The lowest BCUT2D eigenvalue weighted by Gasteiger charge is -2.19. The predicted molar refractivity (Wildman–Crippen MR) is 133 cm³/mol. The molecular formula is C29H22N2O2. The number of nitrogens with zero attached hydrogens (tertiary/aromatic N) is 2. The van der Waals surface area contributed by atoms with Gasteiger partial charge in [0.05, 0.1) is 5.69 Å². The van der Waals surface area contributed by atoms with Crippen molar-refractivity contribution in [3.05, 3.63) is 132 Å². The summed E-state index contributed by atoms with van der Waals surface area (Å²) in [4.78, 5) is 19.9. The number of anilines is 1. The second kappa shape index (κ2) is 8.97. The van der Waals surface area contributed by atoms with Gasteiger partial charge in [0.25, 0.3) is 5.91 Å². The zero-order valence-electron chi connectivity index (χ0n) is 18.2. The van der Waals surface area contributed by atoms with Crippen LogP contribution in [0, 0.1) is 6.92 Å². The highest BCUT2D eigenvalue weighted by molar-refractivity contribution is 6.33. The fraction of sp³-hybridized carbons (Fsp3) is 0.0345. The van der Waals surface area contributed by atoms with Crippen LogP contribution in [-0.2, 0) is 4.79 Å². The molecule has 1 amide bonds. The molecule has 4 nitrogen and oxygen atoms in total. The molecule has 0 fully saturated rings. The van der Waals surface area contributed by atoms with Gasteiger partial charge >= 0.3 is 0 Å². The number of aliphatic imine (C=N–C) groups is 1. The van der Waals surface area contributed by atoms with Crippen LogP contribution in [0.15, 0.2) is 120 Å². The largest absolute Gasteiger partial charge is 0.457 e. The standard InChI is InChI=1S/C29H22N2O2/c1-21-10-8-14-24(18-21)31-28(23-12-4-2-5-13-23)30-27(29(31)32)20-22-11-9-17-26(19-22)33-25-15-6-3-7-16-25/h2-20H,1H3/b27-20+. The van der Waals surface area contributed by atoms with Gasteiger partial charge in [-0.05, 0) is 60.5 Å². The first-order valence-corrected chi connectivity index (χ1v) is 10.8. The smallest absolute Gasteiger partial charge is 0.282 e. The van der Waals surface area contributed by atoms with Gasteiger partial charge in [0.2, 0.25) is 0 Å². The third-order valence-corrected chi connectivity index (χ3v) is 5.29.